The maximum atomic E-state index is 11.7. The Hall–Kier alpha value is -1.12. The van der Waals surface area contributed by atoms with Gasteiger partial charge in [0.1, 0.15) is 4.83 Å². The minimum atomic E-state index is -0.159. The summed E-state index contributed by atoms with van der Waals surface area (Å²) in [6, 6.07) is 4.14. The summed E-state index contributed by atoms with van der Waals surface area (Å²) in [5.41, 5.74) is 0. The van der Waals surface area contributed by atoms with Crippen LogP contribution in [0.4, 0.5) is 0 Å². The molecule has 1 saturated heterocycles. The molecule has 3 rings (SSSR count). The summed E-state index contributed by atoms with van der Waals surface area (Å²) in [4.78, 5) is 18.4. The summed E-state index contributed by atoms with van der Waals surface area (Å²) < 4.78 is 15.4. The number of carbonyl (C=O) groups is 1. The number of ether oxygens (including phenoxy) is 3. The molecule has 5 nitrogen and oxygen atoms in total. The molecule has 0 spiro atoms. The Balaban J connectivity index is 1.98. The maximum absolute atomic E-state index is 11.7. The quantitative estimate of drug-likeness (QED) is 0.672. The van der Waals surface area contributed by atoms with Crippen LogP contribution in [0.15, 0.2) is 12.1 Å². The number of thiophene rings is 1. The number of esters is 1. The number of pyridine rings is 1. The fraction of sp³-hybridized carbons (Fsp3) is 0.529. The Morgan fingerprint density at radius 3 is 2.60 bits per heavy atom. The van der Waals surface area contributed by atoms with Gasteiger partial charge in [-0.3, -0.25) is 4.79 Å². The fourth-order valence-electron chi connectivity index (χ4n) is 2.77. The Kier molecular flexibility index (Phi) is 6.01. The molecule has 2 aromatic heterocycles. The second-order valence-electron chi connectivity index (χ2n) is 5.58. The van der Waals surface area contributed by atoms with E-state index in [0.29, 0.717) is 18.1 Å². The average molecular weight is 400 g/mol. The zero-order valence-electron chi connectivity index (χ0n) is 14.5. The number of hydrogen-bond donors (Lipinski definition) is 0. The van der Waals surface area contributed by atoms with Crippen molar-refractivity contribution in [2.24, 2.45) is 0 Å². The summed E-state index contributed by atoms with van der Waals surface area (Å²) in [6.07, 6.45) is 2.38. The molecule has 3 heterocycles. The van der Waals surface area contributed by atoms with Gasteiger partial charge >= 0.3 is 5.97 Å². The number of rotatable bonds is 6. The lowest BCUT2D eigenvalue weighted by Crippen LogP contribution is -2.23. The molecule has 0 bridgehead atoms. The molecule has 0 saturated carbocycles. The number of methoxy groups -OCH3 is 3. The fourth-order valence-corrected chi connectivity index (χ4v) is 7.54. The Morgan fingerprint density at radius 2 is 1.96 bits per heavy atom. The van der Waals surface area contributed by atoms with Crippen LogP contribution in [0.25, 0.3) is 10.2 Å². The minimum Gasteiger partial charge on any atom is -0.491 e. The van der Waals surface area contributed by atoms with Crippen molar-refractivity contribution in [2.45, 2.75) is 23.3 Å². The predicted octanol–water partition coefficient (Wildman–Crippen LogP) is 4.29. The van der Waals surface area contributed by atoms with Gasteiger partial charge in [-0.15, -0.1) is 34.9 Å². The van der Waals surface area contributed by atoms with Crippen molar-refractivity contribution in [2.75, 3.05) is 32.8 Å². The van der Waals surface area contributed by atoms with Crippen LogP contribution in [0.2, 0.25) is 0 Å². The van der Waals surface area contributed by atoms with Gasteiger partial charge in [0.05, 0.1) is 25.4 Å². The molecule has 136 valence electrons. The Morgan fingerprint density at radius 1 is 1.20 bits per heavy atom. The van der Waals surface area contributed by atoms with Crippen LogP contribution in [0.1, 0.15) is 24.1 Å². The van der Waals surface area contributed by atoms with Crippen molar-refractivity contribution in [3.63, 3.8) is 0 Å². The second-order valence-corrected chi connectivity index (χ2v) is 9.66. The zero-order valence-corrected chi connectivity index (χ0v) is 16.9. The normalized spacial score (nSPS) is 16.6. The molecule has 0 aromatic carbocycles. The number of carbonyl (C=O) groups excluding carboxylic acids is 1. The summed E-state index contributed by atoms with van der Waals surface area (Å²) >= 11 is 5.52. The van der Waals surface area contributed by atoms with Gasteiger partial charge in [-0.25, -0.2) is 0 Å². The first-order chi connectivity index (χ1) is 12.1. The van der Waals surface area contributed by atoms with Crippen LogP contribution in [0.5, 0.6) is 11.6 Å². The molecule has 0 aliphatic carbocycles. The highest BCUT2D eigenvalue weighted by Gasteiger charge is 2.38. The van der Waals surface area contributed by atoms with E-state index in [1.165, 1.54) is 18.4 Å². The minimum absolute atomic E-state index is 0.113. The van der Waals surface area contributed by atoms with Crippen LogP contribution in [0.3, 0.4) is 0 Å². The number of nitrogens with zero attached hydrogens (tertiary/aromatic N) is 1. The van der Waals surface area contributed by atoms with Crippen molar-refractivity contribution in [3.8, 4) is 11.6 Å². The van der Waals surface area contributed by atoms with Crippen LogP contribution in [-0.2, 0) is 13.6 Å². The molecule has 0 atom stereocenters. The topological polar surface area (TPSA) is 57.7 Å². The van der Waals surface area contributed by atoms with Crippen molar-refractivity contribution in [1.82, 2.24) is 4.98 Å². The highest BCUT2D eigenvalue weighted by molar-refractivity contribution is 8.18. The van der Waals surface area contributed by atoms with Gasteiger partial charge in [-0.1, -0.05) is 0 Å². The van der Waals surface area contributed by atoms with Gasteiger partial charge in [0, 0.05) is 16.7 Å². The number of thioether (sulfide) groups is 2. The van der Waals surface area contributed by atoms with E-state index in [-0.39, 0.29) is 10.0 Å². The van der Waals surface area contributed by atoms with Gasteiger partial charge in [-0.2, -0.15) is 4.98 Å². The molecule has 0 radical (unpaired) electrons. The molecule has 0 N–H and O–H groups in total. The zero-order chi connectivity index (χ0) is 17.9. The van der Waals surface area contributed by atoms with E-state index in [4.69, 9.17) is 14.2 Å². The molecule has 1 aliphatic heterocycles. The van der Waals surface area contributed by atoms with E-state index in [9.17, 15) is 4.79 Å². The van der Waals surface area contributed by atoms with Gasteiger partial charge < -0.3 is 14.2 Å². The van der Waals surface area contributed by atoms with Crippen LogP contribution >= 0.6 is 34.9 Å². The van der Waals surface area contributed by atoms with Gasteiger partial charge in [0.2, 0.25) is 0 Å². The lowest BCUT2D eigenvalue weighted by atomic mass is 10.2. The highest BCUT2D eigenvalue weighted by Crippen LogP contribution is 2.56. The molecule has 8 heteroatoms. The van der Waals surface area contributed by atoms with E-state index in [0.717, 1.165) is 28.1 Å². The number of aromatic nitrogens is 1. The molecule has 1 aliphatic rings. The van der Waals surface area contributed by atoms with Gasteiger partial charge in [0.15, 0.2) is 5.75 Å². The van der Waals surface area contributed by atoms with E-state index < -0.39 is 0 Å². The highest BCUT2D eigenvalue weighted by atomic mass is 32.2. The van der Waals surface area contributed by atoms with Crippen LogP contribution in [0, 0.1) is 0 Å². The standard InChI is InChI=1S/C17H21NO4S3/c1-20-12-9-11-10-13(25-16(11)18-15(12)22-3)17(6-5-14(19)21-2)23-7-4-8-24-17/h9-10H,4-8H2,1-3H3. The van der Waals surface area contributed by atoms with Crippen LogP contribution < -0.4 is 9.47 Å². The van der Waals surface area contributed by atoms with Crippen LogP contribution in [-0.4, -0.2) is 43.8 Å². The predicted molar refractivity (Wildman–Crippen MR) is 105 cm³/mol. The summed E-state index contributed by atoms with van der Waals surface area (Å²) in [7, 11) is 4.65. The van der Waals surface area contributed by atoms with E-state index >= 15 is 0 Å². The van der Waals surface area contributed by atoms with E-state index in [2.05, 4.69) is 11.1 Å². The van der Waals surface area contributed by atoms with Gasteiger partial charge in [-0.05, 0) is 36.5 Å². The Bertz CT molecular complexity index is 715. The van der Waals surface area contributed by atoms with Gasteiger partial charge in [0.25, 0.3) is 5.88 Å². The summed E-state index contributed by atoms with van der Waals surface area (Å²) in [6.45, 7) is 0. The summed E-state index contributed by atoms with van der Waals surface area (Å²) in [5.74, 6) is 3.17. The average Bonchev–Trinajstić information content (AvgIpc) is 3.09. The van der Waals surface area contributed by atoms with Crippen molar-refractivity contribution >= 4 is 51.0 Å². The summed E-state index contributed by atoms with van der Waals surface area (Å²) in [5, 5.41) is 1.04. The third-order valence-corrected chi connectivity index (χ3v) is 9.01. The SMILES string of the molecule is COC(=O)CCC1(c2cc3cc(OC)c(OC)nc3s2)SCCCS1. The Labute approximate surface area is 159 Å². The molecule has 2 aromatic rings. The first-order valence-corrected chi connectivity index (χ1v) is 10.8. The van der Waals surface area contributed by atoms with Crippen molar-refractivity contribution in [3.05, 3.63) is 17.0 Å². The van der Waals surface area contributed by atoms with Crippen molar-refractivity contribution in [1.29, 1.82) is 0 Å². The molecule has 0 unspecified atom stereocenters. The molecule has 0 amide bonds. The first kappa shape index (κ1) is 18.7. The van der Waals surface area contributed by atoms with E-state index in [1.807, 2.05) is 29.6 Å². The molecule has 25 heavy (non-hydrogen) atoms. The number of fused-ring (bicyclic) bond motifs is 1. The molecular weight excluding hydrogens is 378 g/mol. The largest absolute Gasteiger partial charge is 0.491 e. The third kappa shape index (κ3) is 3.85. The lowest BCUT2D eigenvalue weighted by Gasteiger charge is -2.35. The monoisotopic (exact) mass is 399 g/mol. The maximum Gasteiger partial charge on any atom is 0.305 e. The van der Waals surface area contributed by atoms with Crippen molar-refractivity contribution < 1.29 is 19.0 Å². The lowest BCUT2D eigenvalue weighted by molar-refractivity contribution is -0.140. The first-order valence-electron chi connectivity index (χ1n) is 7.99. The van der Waals surface area contributed by atoms with E-state index in [1.54, 1.807) is 25.6 Å². The molecular formula is C17H21NO4S3. The second kappa shape index (κ2) is 8.05. The number of hydrogen-bond acceptors (Lipinski definition) is 8. The third-order valence-electron chi connectivity index (χ3n) is 4.07. The molecule has 1 fully saturated rings. The smallest absolute Gasteiger partial charge is 0.305 e.